The van der Waals surface area contributed by atoms with E-state index in [4.69, 9.17) is 28.9 Å². The molecular weight excluding hydrogens is 391 g/mol. The number of halogens is 2. The number of imide groups is 1. The normalized spacial score (nSPS) is 17.9. The van der Waals surface area contributed by atoms with Crippen LogP contribution in [0.25, 0.3) is 0 Å². The van der Waals surface area contributed by atoms with Crippen LogP contribution in [-0.4, -0.2) is 61.8 Å². The average Bonchev–Trinajstić information content (AvgIpc) is 2.55. The number of amides is 3. The lowest BCUT2D eigenvalue weighted by atomic mass is 10.2. The minimum atomic E-state index is -3.79. The van der Waals surface area contributed by atoms with Crippen LogP contribution in [0.4, 0.5) is 4.79 Å². The summed E-state index contributed by atoms with van der Waals surface area (Å²) in [6.45, 7) is 2.63. The van der Waals surface area contributed by atoms with Gasteiger partial charge in [-0.15, -0.1) is 0 Å². The summed E-state index contributed by atoms with van der Waals surface area (Å²) < 4.78 is 26.8. The van der Waals surface area contributed by atoms with E-state index < -0.39 is 28.0 Å². The van der Waals surface area contributed by atoms with E-state index in [0.717, 1.165) is 0 Å². The molecule has 1 saturated heterocycles. The Morgan fingerprint density at radius 3 is 2.36 bits per heavy atom. The fourth-order valence-electron chi connectivity index (χ4n) is 2.54. The number of sulfonamides is 1. The van der Waals surface area contributed by atoms with Crippen molar-refractivity contribution >= 4 is 45.2 Å². The number of hydrogen-bond acceptors (Lipinski definition) is 5. The molecule has 3 amide bonds. The molecule has 0 aromatic heterocycles. The zero-order valence-corrected chi connectivity index (χ0v) is 15.7. The standard InChI is InChI=1S/C14H18Cl2N4O4S/c1-9(13(21)18-14(17)22)19-4-6-20(7-5-19)25(23,24)12-8-10(15)2-3-11(12)16/h2-3,8-9H,4-7H2,1H3,(H3,17,18,21,22). The van der Waals surface area contributed by atoms with Crippen LogP contribution in [0.2, 0.25) is 10.0 Å². The number of carbonyl (C=O) groups is 2. The Kier molecular flexibility index (Phi) is 6.28. The van der Waals surface area contributed by atoms with E-state index in [0.29, 0.717) is 13.1 Å². The summed E-state index contributed by atoms with van der Waals surface area (Å²) in [5, 5.41) is 2.39. The van der Waals surface area contributed by atoms with Gasteiger partial charge in [-0.3, -0.25) is 15.0 Å². The second kappa shape index (κ2) is 7.88. The summed E-state index contributed by atoms with van der Waals surface area (Å²) in [6.07, 6.45) is 0. The summed E-state index contributed by atoms with van der Waals surface area (Å²) in [5.41, 5.74) is 4.93. The second-order valence-corrected chi connectivity index (χ2v) is 8.29. The summed E-state index contributed by atoms with van der Waals surface area (Å²) in [6, 6.07) is 2.73. The first kappa shape index (κ1) is 19.9. The third-order valence-electron chi connectivity index (χ3n) is 3.96. The summed E-state index contributed by atoms with van der Waals surface area (Å²) >= 11 is 11.9. The molecule has 1 aromatic carbocycles. The van der Waals surface area contributed by atoms with Crippen LogP contribution in [0.5, 0.6) is 0 Å². The average molecular weight is 409 g/mol. The first-order valence-electron chi connectivity index (χ1n) is 7.42. The molecule has 0 radical (unpaired) electrons. The van der Waals surface area contributed by atoms with Crippen LogP contribution in [-0.2, 0) is 14.8 Å². The first-order chi connectivity index (χ1) is 11.6. The summed E-state index contributed by atoms with van der Waals surface area (Å²) in [7, 11) is -3.79. The van der Waals surface area contributed by atoms with E-state index in [1.165, 1.54) is 22.5 Å². The highest BCUT2D eigenvalue weighted by molar-refractivity contribution is 7.89. The lowest BCUT2D eigenvalue weighted by molar-refractivity contribution is -0.125. The van der Waals surface area contributed by atoms with E-state index in [9.17, 15) is 18.0 Å². The minimum Gasteiger partial charge on any atom is -0.351 e. The van der Waals surface area contributed by atoms with Crippen molar-refractivity contribution in [2.75, 3.05) is 26.2 Å². The molecular formula is C14H18Cl2N4O4S. The SMILES string of the molecule is CC(C(=O)NC(N)=O)N1CCN(S(=O)(=O)c2cc(Cl)ccc2Cl)CC1. The Labute approximate surface area is 155 Å². The van der Waals surface area contributed by atoms with E-state index in [1.54, 1.807) is 11.8 Å². The minimum absolute atomic E-state index is 0.0466. The molecule has 1 heterocycles. The number of carbonyl (C=O) groups excluding carboxylic acids is 2. The largest absolute Gasteiger partial charge is 0.351 e. The first-order valence-corrected chi connectivity index (χ1v) is 9.62. The van der Waals surface area contributed by atoms with Gasteiger partial charge in [0.25, 0.3) is 0 Å². The highest BCUT2D eigenvalue weighted by atomic mass is 35.5. The lowest BCUT2D eigenvalue weighted by Gasteiger charge is -2.36. The van der Waals surface area contributed by atoms with E-state index in [2.05, 4.69) is 0 Å². The number of hydrogen-bond donors (Lipinski definition) is 2. The van der Waals surface area contributed by atoms with Gasteiger partial charge in [0.05, 0.1) is 11.1 Å². The Hall–Kier alpha value is -1.39. The van der Waals surface area contributed by atoms with Crippen LogP contribution >= 0.6 is 23.2 Å². The molecule has 0 spiro atoms. The summed E-state index contributed by atoms with van der Waals surface area (Å²) in [4.78, 5) is 24.3. The molecule has 1 aromatic rings. The van der Waals surface area contributed by atoms with Gasteiger partial charge in [-0.25, -0.2) is 13.2 Å². The predicted octanol–water partition coefficient (Wildman–Crippen LogP) is 0.883. The van der Waals surface area contributed by atoms with Crippen molar-refractivity contribution in [2.24, 2.45) is 5.73 Å². The molecule has 1 unspecified atom stereocenters. The van der Waals surface area contributed by atoms with Crippen molar-refractivity contribution in [1.82, 2.24) is 14.5 Å². The number of primary amides is 1. The van der Waals surface area contributed by atoms with Gasteiger partial charge in [0.1, 0.15) is 4.90 Å². The molecule has 0 aliphatic carbocycles. The zero-order valence-electron chi connectivity index (χ0n) is 13.4. The molecule has 1 aliphatic heterocycles. The van der Waals surface area contributed by atoms with Crippen molar-refractivity contribution < 1.29 is 18.0 Å². The number of nitrogens with one attached hydrogen (secondary N) is 1. The third kappa shape index (κ3) is 4.62. The predicted molar refractivity (Wildman–Crippen MR) is 94.0 cm³/mol. The van der Waals surface area contributed by atoms with Gasteiger partial charge >= 0.3 is 6.03 Å². The monoisotopic (exact) mass is 408 g/mol. The highest BCUT2D eigenvalue weighted by Crippen LogP contribution is 2.28. The fraction of sp³-hybridized carbons (Fsp3) is 0.429. The molecule has 2 rings (SSSR count). The summed E-state index contributed by atoms with van der Waals surface area (Å²) in [5.74, 6) is -0.526. The number of benzene rings is 1. The third-order valence-corrected chi connectivity index (χ3v) is 6.57. The maximum Gasteiger partial charge on any atom is 0.318 e. The van der Waals surface area contributed by atoms with Gasteiger partial charge < -0.3 is 5.73 Å². The van der Waals surface area contributed by atoms with E-state index in [-0.39, 0.29) is 28.0 Å². The van der Waals surface area contributed by atoms with Crippen molar-refractivity contribution in [3.05, 3.63) is 28.2 Å². The Morgan fingerprint density at radius 2 is 1.80 bits per heavy atom. The maximum atomic E-state index is 12.7. The highest BCUT2D eigenvalue weighted by Gasteiger charge is 2.33. The smallest absolute Gasteiger partial charge is 0.318 e. The lowest BCUT2D eigenvalue weighted by Crippen LogP contribution is -2.55. The molecule has 11 heteroatoms. The Bertz CT molecular complexity index is 779. The molecule has 0 bridgehead atoms. The van der Waals surface area contributed by atoms with Gasteiger partial charge in [-0.2, -0.15) is 4.31 Å². The molecule has 1 fully saturated rings. The number of piperazine rings is 1. The van der Waals surface area contributed by atoms with Gasteiger partial charge in [0.2, 0.25) is 15.9 Å². The van der Waals surface area contributed by atoms with Gasteiger partial charge in [0.15, 0.2) is 0 Å². The van der Waals surface area contributed by atoms with Crippen LogP contribution in [0.3, 0.4) is 0 Å². The van der Waals surface area contributed by atoms with Crippen molar-refractivity contribution in [1.29, 1.82) is 0 Å². The molecule has 1 atom stereocenters. The van der Waals surface area contributed by atoms with Crippen molar-refractivity contribution in [3.8, 4) is 0 Å². The van der Waals surface area contributed by atoms with Gasteiger partial charge in [0, 0.05) is 31.2 Å². The van der Waals surface area contributed by atoms with Gasteiger partial charge in [-0.05, 0) is 25.1 Å². The Balaban J connectivity index is 2.07. The molecule has 1 aliphatic rings. The van der Waals surface area contributed by atoms with E-state index >= 15 is 0 Å². The Morgan fingerprint density at radius 1 is 1.20 bits per heavy atom. The molecule has 3 N–H and O–H groups in total. The number of nitrogens with two attached hydrogens (primary N) is 1. The van der Waals surface area contributed by atoms with Crippen LogP contribution in [0.15, 0.2) is 23.1 Å². The quantitative estimate of drug-likeness (QED) is 0.767. The fourth-order valence-corrected chi connectivity index (χ4v) is 4.70. The maximum absolute atomic E-state index is 12.7. The molecule has 138 valence electrons. The number of nitrogens with zero attached hydrogens (tertiary/aromatic N) is 2. The van der Waals surface area contributed by atoms with Crippen LogP contribution < -0.4 is 11.1 Å². The van der Waals surface area contributed by atoms with Crippen molar-refractivity contribution in [3.63, 3.8) is 0 Å². The molecule has 0 saturated carbocycles. The zero-order chi connectivity index (χ0) is 18.8. The molecule has 25 heavy (non-hydrogen) atoms. The van der Waals surface area contributed by atoms with Gasteiger partial charge in [-0.1, -0.05) is 23.2 Å². The topological polar surface area (TPSA) is 113 Å². The second-order valence-electron chi connectivity index (χ2n) is 5.54. The van der Waals surface area contributed by atoms with Crippen molar-refractivity contribution in [2.45, 2.75) is 17.9 Å². The number of urea groups is 1. The molecule has 8 nitrogen and oxygen atoms in total. The number of rotatable bonds is 4. The van der Waals surface area contributed by atoms with Crippen LogP contribution in [0.1, 0.15) is 6.92 Å². The van der Waals surface area contributed by atoms with E-state index in [1.807, 2.05) is 5.32 Å². The van der Waals surface area contributed by atoms with Crippen LogP contribution in [0, 0.1) is 0 Å².